The van der Waals surface area contributed by atoms with Gasteiger partial charge in [0, 0.05) is 48.2 Å². The first-order chi connectivity index (χ1) is 60.8. The number of carbonyl (C=O) groups excluding carboxylic acids is 8. The van der Waals surface area contributed by atoms with Gasteiger partial charge in [0.25, 0.3) is 0 Å². The van der Waals surface area contributed by atoms with E-state index >= 15 is 28.8 Å². The molecule has 8 aliphatic rings. The fraction of sp³-hybridized carbons (Fsp3) is 0.432. The molecule has 18 atom stereocenters. The number of phenols is 4. The summed E-state index contributed by atoms with van der Waals surface area (Å²) in [7, 11) is 4.98. The van der Waals surface area contributed by atoms with Gasteiger partial charge in [-0.25, -0.2) is 0 Å². The van der Waals surface area contributed by atoms with Crippen molar-refractivity contribution < 1.29 is 133 Å². The number of rotatable bonds is 23. The maximum absolute atomic E-state index is 16.8. The number of carbonyl (C=O) groups is 8. The van der Waals surface area contributed by atoms with Crippen molar-refractivity contribution in [1.82, 2.24) is 52.8 Å². The first-order valence-corrected chi connectivity index (χ1v) is 42.4. The molecule has 0 radical (unpaired) electrons. The molecule has 0 spiro atoms. The Bertz CT molecular complexity index is 5230. The predicted octanol–water partition coefficient (Wildman–Crippen LogP) is 4.22. The standard InChI is InChI=1S/C88H102Cl2N10O27/c1-5-6-7-8-9-10-11-12-13-15-63(107)94-72-76(111)74(109)61(38-101)125-87(72)127-79-59-32-44-33-60(79)123-56-25-20-43(30-51(56)89)73(108)71-86(120)98-69(81(115)92-26-14-27-100(3)4)49-34-45(103)35-58(124-88-78(113)77(112)75(110)62(39-102)126-88)64(49)48-29-41(18-23-53(48)104)67(83(117)99-71)95-84(118)68(44)96-85(119)70-50-36-47(37-55(106)65(50)90)122-57-31-42(19-24-54(57)105)66(91-2)82(116)93-52(80(114)97-70)28-40-16-21-46(121-59)22-17-40/h16-25,29-37,52,61-62,66-78,87-88,91,101-106,108-113H,5-15,26-28,38-39H2,1-4H3,(H,92,115)(H,93,116)(H,94,107)(H,95,118)(H,96,119)(H,97,114)(H,98,120)(H,99,117)/t52-,61-,62-,66+,67-,68-,69+,70+,71+,72-,73-,74-,75-,76-,77+,78+,87+,88+/m1/s1. The summed E-state index contributed by atoms with van der Waals surface area (Å²) in [5.41, 5.74) is -2.43. The van der Waals surface area contributed by atoms with Crippen molar-refractivity contribution in [1.29, 1.82) is 0 Å². The van der Waals surface area contributed by atoms with Gasteiger partial charge >= 0.3 is 0 Å². The highest BCUT2D eigenvalue weighted by atomic mass is 35.5. The molecular weight excluding hydrogens is 1700 g/mol. The highest BCUT2D eigenvalue weighted by Crippen LogP contribution is 2.51. The third-order valence-electron chi connectivity index (χ3n) is 22.8. The summed E-state index contributed by atoms with van der Waals surface area (Å²) in [6, 6.07) is 6.62. The zero-order valence-corrected chi connectivity index (χ0v) is 70.9. The Morgan fingerprint density at radius 2 is 1.14 bits per heavy atom. The van der Waals surface area contributed by atoms with Crippen LogP contribution in [-0.4, -0.2) is 234 Å². The van der Waals surface area contributed by atoms with Gasteiger partial charge in [0.05, 0.1) is 23.3 Å². The van der Waals surface area contributed by atoms with E-state index in [0.717, 1.165) is 106 Å². The van der Waals surface area contributed by atoms with Crippen LogP contribution in [0.4, 0.5) is 0 Å². The molecule has 127 heavy (non-hydrogen) atoms. The molecule has 8 heterocycles. The lowest BCUT2D eigenvalue weighted by Gasteiger charge is -2.42. The molecule has 7 aromatic carbocycles. The van der Waals surface area contributed by atoms with E-state index in [-0.39, 0.29) is 59.1 Å². The normalized spacial score (nSPS) is 25.9. The van der Waals surface area contributed by atoms with E-state index in [4.69, 9.17) is 56.4 Å². The van der Waals surface area contributed by atoms with E-state index in [1.54, 1.807) is 14.1 Å². The summed E-state index contributed by atoms with van der Waals surface area (Å²) in [5, 5.41) is 162. The summed E-state index contributed by atoms with van der Waals surface area (Å²) in [6.07, 6.45) is -11.5. The number of nitrogens with one attached hydrogen (secondary N) is 9. The van der Waals surface area contributed by atoms with Gasteiger partial charge in [-0.1, -0.05) is 112 Å². The van der Waals surface area contributed by atoms with Gasteiger partial charge in [-0.15, -0.1) is 0 Å². The number of aliphatic hydroxyl groups excluding tert-OH is 8. The number of hydrogen-bond donors (Lipinski definition) is 21. The minimum absolute atomic E-state index is 0.0722. The van der Waals surface area contributed by atoms with Crippen LogP contribution in [0.15, 0.2) is 115 Å². The molecule has 0 aliphatic carbocycles. The average molecular weight is 1800 g/mol. The van der Waals surface area contributed by atoms with Crippen LogP contribution >= 0.6 is 23.2 Å². The van der Waals surface area contributed by atoms with Gasteiger partial charge in [0.2, 0.25) is 65.6 Å². The smallest absolute Gasteiger partial charge is 0.248 e. The zero-order chi connectivity index (χ0) is 90.9. The van der Waals surface area contributed by atoms with Crippen molar-refractivity contribution in [2.75, 3.05) is 47.4 Å². The SMILES string of the molecule is CCCCCCCCCCCC(=O)N[C@H]1[C@H](Oc2c3cc4cc2Oc2ccc(cc2Cl)[C@@H](O)[C@@H]2NC(=O)[C@H](NC(=O)[C@@H]4NC(=O)[C@H]4NC(=O)[C@@H](Cc5ccc(cc5)O3)NC(=O)[C@@H](NC)c3ccc(O)c(c3)Oc3cc(O)c(Cl)c4c3)c3ccc(O)c(c3)-c3c(O[C@H]4O[C@H](CO)[C@@H](O)[C@H](O)[C@@H]4O)cc(O)cc3[C@@H](C(=O)NCCCN(C)C)NC2=O)O[C@H](CO)[C@@H](O)[C@@H]1O. The minimum Gasteiger partial charge on any atom is -0.508 e. The number of nitrogens with zero attached hydrogens (tertiary/aromatic N) is 1. The van der Waals surface area contributed by atoms with E-state index in [9.17, 15) is 70.9 Å². The van der Waals surface area contributed by atoms with Crippen LogP contribution in [0.5, 0.6) is 69.0 Å². The van der Waals surface area contributed by atoms with Crippen LogP contribution in [-0.2, 0) is 54.3 Å². The maximum atomic E-state index is 16.8. The number of halogens is 2. The van der Waals surface area contributed by atoms with Crippen molar-refractivity contribution in [2.24, 2.45) is 0 Å². The lowest BCUT2D eigenvalue weighted by molar-refractivity contribution is -0.277. The summed E-state index contributed by atoms with van der Waals surface area (Å²) < 4.78 is 45.0. The molecule has 7 aromatic rings. The topological polar surface area (TPSA) is 555 Å². The van der Waals surface area contributed by atoms with Crippen LogP contribution < -0.4 is 71.5 Å². The number of amides is 8. The van der Waals surface area contributed by atoms with Crippen LogP contribution in [0.2, 0.25) is 10.0 Å². The van der Waals surface area contributed by atoms with E-state index in [0.29, 0.717) is 31.4 Å². The molecule has 15 rings (SSSR count). The van der Waals surface area contributed by atoms with Gasteiger partial charge in [-0.3, -0.25) is 38.4 Å². The minimum atomic E-state index is -2.40. The number of ether oxygens (including phenoxy) is 7. The molecule has 39 heteroatoms. The molecule has 21 N–H and O–H groups in total. The van der Waals surface area contributed by atoms with Crippen molar-refractivity contribution in [3.05, 3.63) is 164 Å². The third-order valence-corrected chi connectivity index (χ3v) is 23.6. The second-order valence-electron chi connectivity index (χ2n) is 32.2. The van der Waals surface area contributed by atoms with E-state index in [1.807, 2.05) is 4.90 Å². The number of hydrogen-bond acceptors (Lipinski definition) is 29. The average Bonchev–Trinajstić information content (AvgIpc) is 0.773. The van der Waals surface area contributed by atoms with E-state index in [2.05, 4.69) is 54.8 Å². The molecule has 37 nitrogen and oxygen atoms in total. The molecule has 680 valence electrons. The Morgan fingerprint density at radius 1 is 0.528 bits per heavy atom. The number of likely N-dealkylation sites (N-methyl/N-ethyl adjacent to an activating group) is 1. The largest absolute Gasteiger partial charge is 0.508 e. The Kier molecular flexibility index (Phi) is 30.2. The monoisotopic (exact) mass is 1800 g/mol. The van der Waals surface area contributed by atoms with Gasteiger partial charge in [-0.05, 0) is 147 Å². The van der Waals surface area contributed by atoms with Gasteiger partial charge in [0.15, 0.2) is 23.0 Å². The second kappa shape index (κ2) is 41.1. The molecule has 0 aromatic heterocycles. The fourth-order valence-corrected chi connectivity index (χ4v) is 16.4. The highest BCUT2D eigenvalue weighted by Gasteiger charge is 2.50. The van der Waals surface area contributed by atoms with Crippen LogP contribution in [0.25, 0.3) is 11.1 Å². The lowest BCUT2D eigenvalue weighted by Crippen LogP contribution is -2.65. The Labute approximate surface area is 737 Å². The molecule has 0 saturated carbocycles. The second-order valence-corrected chi connectivity index (χ2v) is 33.0. The number of aliphatic hydroxyl groups is 8. The van der Waals surface area contributed by atoms with Crippen LogP contribution in [0.1, 0.15) is 153 Å². The Balaban J connectivity index is 1.04. The summed E-state index contributed by atoms with van der Waals surface area (Å²) in [6.45, 7) is 0.561. The number of phenolic OH excluding ortho intramolecular Hbond substituents is 4. The summed E-state index contributed by atoms with van der Waals surface area (Å²) in [4.78, 5) is 127. The zero-order valence-electron chi connectivity index (χ0n) is 69.4. The Morgan fingerprint density at radius 3 is 1.83 bits per heavy atom. The molecule has 17 bridgehead atoms. The molecule has 8 aliphatic heterocycles. The Hall–Kier alpha value is -11.4. The van der Waals surface area contributed by atoms with Gasteiger partial charge in [0.1, 0.15) is 137 Å². The maximum Gasteiger partial charge on any atom is 0.248 e. The number of unbranched alkanes of at least 4 members (excludes halogenated alkanes) is 8. The lowest BCUT2D eigenvalue weighted by atomic mass is 9.89. The highest BCUT2D eigenvalue weighted by molar-refractivity contribution is 6.33. The first kappa shape index (κ1) is 93.2. The predicted molar refractivity (Wildman–Crippen MR) is 452 cm³/mol. The van der Waals surface area contributed by atoms with E-state index in [1.165, 1.54) is 61.6 Å². The summed E-state index contributed by atoms with van der Waals surface area (Å²) in [5.74, 6) is -15.4. The fourth-order valence-electron chi connectivity index (χ4n) is 16.0. The van der Waals surface area contributed by atoms with Crippen molar-refractivity contribution in [2.45, 2.75) is 194 Å². The molecule has 8 amide bonds. The van der Waals surface area contributed by atoms with Crippen molar-refractivity contribution >= 4 is 70.5 Å². The van der Waals surface area contributed by atoms with Crippen molar-refractivity contribution in [3.63, 3.8) is 0 Å². The van der Waals surface area contributed by atoms with E-state index < -0.39 is 254 Å². The van der Waals surface area contributed by atoms with Crippen LogP contribution in [0.3, 0.4) is 0 Å². The molecular formula is C88H102Cl2N10O27. The van der Waals surface area contributed by atoms with Crippen LogP contribution in [0, 0.1) is 0 Å². The number of fused-ring (bicyclic) bond motifs is 14. The summed E-state index contributed by atoms with van der Waals surface area (Å²) >= 11 is 14.3. The molecule has 2 fully saturated rings. The third kappa shape index (κ3) is 21.2. The molecule has 2 saturated heterocycles. The number of benzene rings is 7. The first-order valence-electron chi connectivity index (χ1n) is 41.6. The molecule has 0 unspecified atom stereocenters. The van der Waals surface area contributed by atoms with Gasteiger partial charge < -0.3 is 147 Å². The van der Waals surface area contributed by atoms with Gasteiger partial charge in [-0.2, -0.15) is 0 Å². The number of aromatic hydroxyl groups is 4. The quantitative estimate of drug-likeness (QED) is 0.0399. The van der Waals surface area contributed by atoms with Crippen molar-refractivity contribution in [3.8, 4) is 80.1 Å².